The van der Waals surface area contributed by atoms with E-state index in [0.717, 1.165) is 10.0 Å². The maximum Gasteiger partial charge on any atom is 0.318 e. The van der Waals surface area contributed by atoms with E-state index in [2.05, 4.69) is 31.3 Å². The van der Waals surface area contributed by atoms with E-state index >= 15 is 0 Å². The zero-order valence-electron chi connectivity index (χ0n) is 10.3. The van der Waals surface area contributed by atoms with Crippen LogP contribution in [-0.2, 0) is 11.3 Å². The maximum atomic E-state index is 11.2. The molecule has 0 aliphatic rings. The summed E-state index contributed by atoms with van der Waals surface area (Å²) in [7, 11) is 0. The number of imide groups is 1. The first-order chi connectivity index (χ1) is 9.54. The summed E-state index contributed by atoms with van der Waals surface area (Å²) < 4.78 is 0.955. The molecule has 0 radical (unpaired) electrons. The van der Waals surface area contributed by atoms with Gasteiger partial charge < -0.3 is 5.73 Å². The number of carbonyl (C=O) groups is 2. The lowest BCUT2D eigenvalue weighted by molar-refractivity contribution is -0.120. The number of carbonyl (C=O) groups excluding carboxylic acids is 2. The van der Waals surface area contributed by atoms with E-state index in [1.807, 2.05) is 29.6 Å². The van der Waals surface area contributed by atoms with Gasteiger partial charge in [0, 0.05) is 16.5 Å². The standard InChI is InChI=1S/C11H11BrN6O2/c12-8-3-1-7(2-4-8)10-15-17-18(16-10)6-5-9(19)14-11(13)20/h1-4H,5-6H2,(H3,13,14,19,20). The molecule has 0 atom stereocenters. The number of nitrogens with zero attached hydrogens (tertiary/aromatic N) is 4. The van der Waals surface area contributed by atoms with Crippen molar-refractivity contribution >= 4 is 27.9 Å². The maximum absolute atomic E-state index is 11.2. The van der Waals surface area contributed by atoms with Crippen LogP contribution < -0.4 is 11.1 Å². The van der Waals surface area contributed by atoms with Gasteiger partial charge in [-0.15, -0.1) is 10.2 Å². The van der Waals surface area contributed by atoms with Gasteiger partial charge in [-0.1, -0.05) is 15.9 Å². The summed E-state index contributed by atoms with van der Waals surface area (Å²) in [6, 6.07) is 6.57. The predicted octanol–water partition coefficient (Wildman–Crippen LogP) is 0.688. The lowest BCUT2D eigenvalue weighted by Crippen LogP contribution is -2.35. The first kappa shape index (κ1) is 14.1. The summed E-state index contributed by atoms with van der Waals surface area (Å²) in [5.41, 5.74) is 5.65. The smallest absolute Gasteiger partial charge is 0.318 e. The van der Waals surface area contributed by atoms with Crippen LogP contribution in [0.1, 0.15) is 6.42 Å². The molecule has 1 aromatic heterocycles. The molecule has 0 fully saturated rings. The van der Waals surface area contributed by atoms with Crippen molar-refractivity contribution in [2.24, 2.45) is 5.73 Å². The van der Waals surface area contributed by atoms with Crippen LogP contribution in [0.25, 0.3) is 11.4 Å². The summed E-state index contributed by atoms with van der Waals surface area (Å²) >= 11 is 3.34. The van der Waals surface area contributed by atoms with Crippen LogP contribution in [0.5, 0.6) is 0 Å². The van der Waals surface area contributed by atoms with Gasteiger partial charge in [-0.2, -0.15) is 4.80 Å². The Morgan fingerprint density at radius 2 is 2.00 bits per heavy atom. The summed E-state index contributed by atoms with van der Waals surface area (Å²) in [4.78, 5) is 23.0. The molecule has 104 valence electrons. The van der Waals surface area contributed by atoms with Gasteiger partial charge in [0.2, 0.25) is 11.7 Å². The number of nitrogens with one attached hydrogen (secondary N) is 1. The van der Waals surface area contributed by atoms with Crippen molar-refractivity contribution in [1.29, 1.82) is 0 Å². The van der Waals surface area contributed by atoms with Gasteiger partial charge in [0.15, 0.2) is 0 Å². The molecule has 1 aromatic carbocycles. The molecule has 2 aromatic rings. The number of benzene rings is 1. The number of rotatable bonds is 4. The third-order valence-corrected chi connectivity index (χ3v) is 2.89. The Balaban J connectivity index is 1.97. The molecular formula is C11H11BrN6O2. The van der Waals surface area contributed by atoms with Gasteiger partial charge in [0.25, 0.3) is 0 Å². The fourth-order valence-electron chi connectivity index (χ4n) is 1.45. The van der Waals surface area contributed by atoms with Crippen molar-refractivity contribution in [2.75, 3.05) is 0 Å². The second-order valence-corrected chi connectivity index (χ2v) is 4.79. The number of tetrazole rings is 1. The number of urea groups is 1. The highest BCUT2D eigenvalue weighted by Gasteiger charge is 2.08. The number of primary amides is 1. The lowest BCUT2D eigenvalue weighted by Gasteiger charge is -1.99. The number of halogens is 1. The van der Waals surface area contributed by atoms with E-state index < -0.39 is 11.9 Å². The average Bonchev–Trinajstić information content (AvgIpc) is 2.85. The monoisotopic (exact) mass is 338 g/mol. The van der Waals surface area contributed by atoms with E-state index in [1.54, 1.807) is 0 Å². The SMILES string of the molecule is NC(=O)NC(=O)CCn1nnc(-c2ccc(Br)cc2)n1. The van der Waals surface area contributed by atoms with Crippen molar-refractivity contribution in [1.82, 2.24) is 25.5 Å². The van der Waals surface area contributed by atoms with Crippen molar-refractivity contribution in [2.45, 2.75) is 13.0 Å². The number of aromatic nitrogens is 4. The van der Waals surface area contributed by atoms with Crippen LogP contribution in [0, 0.1) is 0 Å². The second-order valence-electron chi connectivity index (χ2n) is 3.88. The summed E-state index contributed by atoms with van der Waals surface area (Å²) in [6.07, 6.45) is 0.0408. The summed E-state index contributed by atoms with van der Waals surface area (Å²) in [6.45, 7) is 0.211. The van der Waals surface area contributed by atoms with Crippen molar-refractivity contribution < 1.29 is 9.59 Å². The highest BCUT2D eigenvalue weighted by atomic mass is 79.9. The molecule has 2 rings (SSSR count). The Kier molecular flexibility index (Phi) is 4.41. The average molecular weight is 339 g/mol. The molecule has 0 saturated carbocycles. The zero-order chi connectivity index (χ0) is 14.5. The molecule has 0 bridgehead atoms. The van der Waals surface area contributed by atoms with Crippen LogP contribution >= 0.6 is 15.9 Å². The zero-order valence-corrected chi connectivity index (χ0v) is 11.9. The minimum Gasteiger partial charge on any atom is -0.351 e. The highest BCUT2D eigenvalue weighted by Crippen LogP contribution is 2.17. The quantitative estimate of drug-likeness (QED) is 0.850. The summed E-state index contributed by atoms with van der Waals surface area (Å²) in [5.74, 6) is -0.0206. The molecule has 20 heavy (non-hydrogen) atoms. The Bertz CT molecular complexity index is 624. The lowest BCUT2D eigenvalue weighted by atomic mass is 10.2. The molecule has 3 amide bonds. The van der Waals surface area contributed by atoms with Crippen molar-refractivity contribution in [3.8, 4) is 11.4 Å². The number of hydrogen-bond donors (Lipinski definition) is 2. The minimum atomic E-state index is -0.878. The Labute approximate surface area is 122 Å². The van der Waals surface area contributed by atoms with Crippen LogP contribution in [-0.4, -0.2) is 32.1 Å². The normalized spacial score (nSPS) is 10.2. The third kappa shape index (κ3) is 3.85. The van der Waals surface area contributed by atoms with Crippen molar-refractivity contribution in [3.63, 3.8) is 0 Å². The number of nitrogens with two attached hydrogens (primary N) is 1. The summed E-state index contributed by atoms with van der Waals surface area (Å²) in [5, 5.41) is 13.8. The highest BCUT2D eigenvalue weighted by molar-refractivity contribution is 9.10. The van der Waals surface area contributed by atoms with Gasteiger partial charge in [-0.3, -0.25) is 10.1 Å². The third-order valence-electron chi connectivity index (χ3n) is 2.36. The van der Waals surface area contributed by atoms with Gasteiger partial charge in [0.1, 0.15) is 0 Å². The predicted molar refractivity (Wildman–Crippen MR) is 73.3 cm³/mol. The molecule has 1 heterocycles. The molecule has 9 heteroatoms. The molecule has 0 aliphatic heterocycles. The molecule has 0 saturated heterocycles. The molecule has 0 aliphatic carbocycles. The molecule has 0 unspecified atom stereocenters. The second kappa shape index (κ2) is 6.24. The van der Waals surface area contributed by atoms with Crippen molar-refractivity contribution in [3.05, 3.63) is 28.7 Å². The van der Waals surface area contributed by atoms with E-state index in [4.69, 9.17) is 5.73 Å². The van der Waals surface area contributed by atoms with Gasteiger partial charge in [-0.25, -0.2) is 4.79 Å². The van der Waals surface area contributed by atoms with Crippen LogP contribution in [0.3, 0.4) is 0 Å². The number of hydrogen-bond acceptors (Lipinski definition) is 5. The van der Waals surface area contributed by atoms with E-state index in [9.17, 15) is 9.59 Å². The van der Waals surface area contributed by atoms with Gasteiger partial charge in [-0.05, 0) is 29.5 Å². The van der Waals surface area contributed by atoms with Crippen LogP contribution in [0.2, 0.25) is 0 Å². The first-order valence-electron chi connectivity index (χ1n) is 5.67. The van der Waals surface area contributed by atoms with E-state index in [1.165, 1.54) is 4.80 Å². The Morgan fingerprint density at radius 3 is 2.65 bits per heavy atom. The fraction of sp³-hybridized carbons (Fsp3) is 0.182. The number of aryl methyl sites for hydroxylation is 1. The van der Waals surface area contributed by atoms with E-state index in [0.29, 0.717) is 5.82 Å². The van der Waals surface area contributed by atoms with E-state index in [-0.39, 0.29) is 13.0 Å². The molecule has 0 spiro atoms. The van der Waals surface area contributed by atoms with Crippen LogP contribution in [0.15, 0.2) is 28.7 Å². The van der Waals surface area contributed by atoms with Crippen LogP contribution in [0.4, 0.5) is 4.79 Å². The Morgan fingerprint density at radius 1 is 1.30 bits per heavy atom. The number of amides is 3. The van der Waals surface area contributed by atoms with Gasteiger partial charge >= 0.3 is 6.03 Å². The van der Waals surface area contributed by atoms with Gasteiger partial charge in [0.05, 0.1) is 6.54 Å². The Hall–Kier alpha value is -2.29. The molecular weight excluding hydrogens is 328 g/mol. The molecule has 8 nitrogen and oxygen atoms in total. The minimum absolute atomic E-state index is 0.0408. The fourth-order valence-corrected chi connectivity index (χ4v) is 1.72. The largest absolute Gasteiger partial charge is 0.351 e. The topological polar surface area (TPSA) is 116 Å². The molecule has 3 N–H and O–H groups in total. The first-order valence-corrected chi connectivity index (χ1v) is 6.47.